The molecule has 3 saturated carbocycles. The molecule has 204 valence electrons. The summed E-state index contributed by atoms with van der Waals surface area (Å²) in [5.41, 5.74) is 5.62. The summed E-state index contributed by atoms with van der Waals surface area (Å²) < 4.78 is 8.39. The van der Waals surface area contributed by atoms with Crippen molar-refractivity contribution in [1.29, 1.82) is 0 Å². The molecule has 0 amide bonds. The van der Waals surface area contributed by atoms with E-state index in [1.165, 1.54) is 81.5 Å². The van der Waals surface area contributed by atoms with Gasteiger partial charge in [0.05, 0.1) is 12.6 Å². The number of hydrogen-bond donors (Lipinski definition) is 0. The second kappa shape index (κ2) is 9.34. The maximum Gasteiger partial charge on any atom is 0.128 e. The Labute approximate surface area is 226 Å². The minimum atomic E-state index is 0.452. The molecule has 0 spiro atoms. The number of methoxy groups -OCH3 is 1. The highest BCUT2D eigenvalue weighted by Crippen LogP contribution is 2.68. The number of rotatable bonds is 6. The van der Waals surface area contributed by atoms with Gasteiger partial charge in [-0.15, -0.1) is 0 Å². The van der Waals surface area contributed by atoms with Crippen LogP contribution < -0.4 is 4.74 Å². The highest BCUT2D eigenvalue weighted by Gasteiger charge is 2.60. The van der Waals surface area contributed by atoms with Crippen molar-refractivity contribution in [2.75, 3.05) is 7.11 Å². The van der Waals surface area contributed by atoms with Crippen LogP contribution >= 0.6 is 0 Å². The Morgan fingerprint density at radius 2 is 1.76 bits per heavy atom. The predicted octanol–water partition coefficient (Wildman–Crippen LogP) is 9.22. The quantitative estimate of drug-likeness (QED) is 0.383. The molecule has 37 heavy (non-hydrogen) atoms. The zero-order chi connectivity index (χ0) is 26.1. The van der Waals surface area contributed by atoms with Gasteiger partial charge in [0.15, 0.2) is 0 Å². The van der Waals surface area contributed by atoms with E-state index in [0.717, 1.165) is 47.2 Å². The maximum absolute atomic E-state index is 5.86. The standard InChI is InChI=1S/C35H53NO/c1-22(2)10-8-11-23(3)27-16-17-28-25-15-14-24-20-26-31(21-35(24,5)29(25)18-19-34(27,28)4)36(6)30-12-9-13-32(37-7)33(26)30/h9,12-13,22-25,27-29H,8,10-11,14-21H2,1-7H3. The maximum atomic E-state index is 5.86. The molecule has 2 nitrogen and oxygen atoms in total. The number of hydrogen-bond acceptors (Lipinski definition) is 1. The van der Waals surface area contributed by atoms with Gasteiger partial charge in [-0.3, -0.25) is 0 Å². The van der Waals surface area contributed by atoms with Crippen LogP contribution in [0.3, 0.4) is 0 Å². The van der Waals surface area contributed by atoms with E-state index in [2.05, 4.69) is 64.4 Å². The SMILES string of the molecule is COc1cccc2c1c1c(n2C)CC2(C)C(CCC3C2CCC2(C)C(C(C)CCCC(C)C)CCC32)C1. The molecule has 0 aliphatic heterocycles. The summed E-state index contributed by atoms with van der Waals surface area (Å²) in [7, 11) is 4.15. The van der Waals surface area contributed by atoms with E-state index in [4.69, 9.17) is 4.74 Å². The van der Waals surface area contributed by atoms with Crippen molar-refractivity contribution in [3.63, 3.8) is 0 Å². The van der Waals surface area contributed by atoms with Crippen LogP contribution in [0.5, 0.6) is 5.75 Å². The van der Waals surface area contributed by atoms with Gasteiger partial charge in [-0.05, 0) is 121 Å². The zero-order valence-electron chi connectivity index (χ0n) is 24.9. The topological polar surface area (TPSA) is 14.2 Å². The molecule has 8 unspecified atom stereocenters. The van der Waals surface area contributed by atoms with Gasteiger partial charge in [-0.2, -0.15) is 0 Å². The lowest BCUT2D eigenvalue weighted by Crippen LogP contribution is -2.54. The van der Waals surface area contributed by atoms with Gasteiger partial charge in [0, 0.05) is 18.1 Å². The molecule has 0 saturated heterocycles. The van der Waals surface area contributed by atoms with E-state index in [0.29, 0.717) is 10.8 Å². The van der Waals surface area contributed by atoms with Crippen LogP contribution in [0.1, 0.15) is 104 Å². The highest BCUT2D eigenvalue weighted by atomic mass is 16.5. The van der Waals surface area contributed by atoms with Gasteiger partial charge in [0.2, 0.25) is 0 Å². The molecule has 1 aromatic heterocycles. The molecular formula is C35H53NO. The molecule has 6 rings (SSSR count). The van der Waals surface area contributed by atoms with Crippen molar-refractivity contribution < 1.29 is 4.74 Å². The minimum absolute atomic E-state index is 0.452. The first-order valence-corrected chi connectivity index (χ1v) is 15.8. The molecule has 4 aliphatic carbocycles. The predicted molar refractivity (Wildman–Crippen MR) is 156 cm³/mol. The Balaban J connectivity index is 1.26. The van der Waals surface area contributed by atoms with Crippen LogP contribution in [0.4, 0.5) is 0 Å². The van der Waals surface area contributed by atoms with Gasteiger partial charge in [-0.1, -0.05) is 59.9 Å². The molecule has 0 N–H and O–H groups in total. The first kappa shape index (κ1) is 25.8. The van der Waals surface area contributed by atoms with Gasteiger partial charge in [0.1, 0.15) is 5.75 Å². The summed E-state index contributed by atoms with van der Waals surface area (Å²) in [5, 5.41) is 1.40. The van der Waals surface area contributed by atoms with E-state index in [-0.39, 0.29) is 0 Å². The number of aryl methyl sites for hydroxylation is 1. The van der Waals surface area contributed by atoms with Crippen molar-refractivity contribution in [2.24, 2.45) is 59.3 Å². The molecule has 1 aromatic carbocycles. The third-order valence-corrected chi connectivity index (χ3v) is 12.9. The Morgan fingerprint density at radius 1 is 0.973 bits per heavy atom. The van der Waals surface area contributed by atoms with Gasteiger partial charge in [-0.25, -0.2) is 0 Å². The van der Waals surface area contributed by atoms with Crippen LogP contribution in [0, 0.1) is 52.3 Å². The van der Waals surface area contributed by atoms with Crippen molar-refractivity contribution in [1.82, 2.24) is 4.57 Å². The Kier molecular flexibility index (Phi) is 6.52. The Hall–Kier alpha value is -1.44. The summed E-state index contributed by atoms with van der Waals surface area (Å²) in [6.07, 6.45) is 15.7. The smallest absolute Gasteiger partial charge is 0.128 e. The number of nitrogens with zero attached hydrogens (tertiary/aromatic N) is 1. The average molecular weight is 504 g/mol. The number of fused-ring (bicyclic) bond motifs is 8. The van der Waals surface area contributed by atoms with Crippen LogP contribution in [0.15, 0.2) is 18.2 Å². The fourth-order valence-corrected chi connectivity index (χ4v) is 11.0. The highest BCUT2D eigenvalue weighted by molar-refractivity contribution is 5.91. The number of benzene rings is 1. The van der Waals surface area contributed by atoms with Crippen LogP contribution in [0.2, 0.25) is 0 Å². The van der Waals surface area contributed by atoms with E-state index in [1.54, 1.807) is 11.3 Å². The molecule has 2 aromatic rings. The monoisotopic (exact) mass is 503 g/mol. The average Bonchev–Trinajstić information content (AvgIpc) is 3.36. The fourth-order valence-electron chi connectivity index (χ4n) is 11.0. The van der Waals surface area contributed by atoms with Crippen LogP contribution in [-0.4, -0.2) is 11.7 Å². The molecule has 3 fully saturated rings. The second-order valence-corrected chi connectivity index (χ2v) is 14.9. The number of aromatic nitrogens is 1. The lowest BCUT2D eigenvalue weighted by Gasteiger charge is -2.60. The molecule has 2 heteroatoms. The van der Waals surface area contributed by atoms with E-state index in [9.17, 15) is 0 Å². The normalized spacial score (nSPS) is 37.7. The van der Waals surface area contributed by atoms with Crippen LogP contribution in [-0.2, 0) is 19.9 Å². The molecule has 4 aliphatic rings. The molecular weight excluding hydrogens is 450 g/mol. The summed E-state index contributed by atoms with van der Waals surface area (Å²) in [6.45, 7) is 12.8. The third kappa shape index (κ3) is 3.85. The van der Waals surface area contributed by atoms with Crippen molar-refractivity contribution >= 4 is 10.9 Å². The van der Waals surface area contributed by atoms with Crippen molar-refractivity contribution in [3.05, 3.63) is 29.5 Å². The summed E-state index contributed by atoms with van der Waals surface area (Å²) in [5.74, 6) is 7.44. The third-order valence-electron chi connectivity index (χ3n) is 12.9. The molecule has 0 radical (unpaired) electrons. The van der Waals surface area contributed by atoms with E-state index >= 15 is 0 Å². The lowest BCUT2D eigenvalue weighted by molar-refractivity contribution is -0.104. The van der Waals surface area contributed by atoms with Gasteiger partial charge < -0.3 is 9.30 Å². The lowest BCUT2D eigenvalue weighted by atomic mass is 9.44. The summed E-state index contributed by atoms with van der Waals surface area (Å²) in [6, 6.07) is 6.63. The molecule has 1 heterocycles. The Morgan fingerprint density at radius 3 is 2.51 bits per heavy atom. The van der Waals surface area contributed by atoms with Gasteiger partial charge >= 0.3 is 0 Å². The largest absolute Gasteiger partial charge is 0.496 e. The number of ether oxygens (including phenoxy) is 1. The van der Waals surface area contributed by atoms with E-state index < -0.39 is 0 Å². The van der Waals surface area contributed by atoms with Gasteiger partial charge in [0.25, 0.3) is 0 Å². The summed E-state index contributed by atoms with van der Waals surface area (Å²) in [4.78, 5) is 0. The fraction of sp³-hybridized carbons (Fsp3) is 0.771. The second-order valence-electron chi connectivity index (χ2n) is 14.9. The van der Waals surface area contributed by atoms with E-state index in [1.807, 2.05) is 7.11 Å². The first-order valence-electron chi connectivity index (χ1n) is 15.8. The summed E-state index contributed by atoms with van der Waals surface area (Å²) >= 11 is 0. The minimum Gasteiger partial charge on any atom is -0.496 e. The first-order chi connectivity index (χ1) is 17.7. The molecule has 8 atom stereocenters. The van der Waals surface area contributed by atoms with Crippen molar-refractivity contribution in [2.45, 2.75) is 105 Å². The Bertz CT molecular complexity index is 1140. The molecule has 0 bridgehead atoms. The van der Waals surface area contributed by atoms with Crippen LogP contribution in [0.25, 0.3) is 10.9 Å². The zero-order valence-corrected chi connectivity index (χ0v) is 24.9. The van der Waals surface area contributed by atoms with Crippen molar-refractivity contribution in [3.8, 4) is 5.75 Å².